The minimum atomic E-state index is -0.345. The number of hydrogen-bond acceptors (Lipinski definition) is 8. The van der Waals surface area contributed by atoms with Crippen molar-refractivity contribution >= 4 is 34.8 Å². The highest BCUT2D eigenvalue weighted by Crippen LogP contribution is 2.27. The van der Waals surface area contributed by atoms with Gasteiger partial charge in [-0.05, 0) is 29.8 Å². The van der Waals surface area contributed by atoms with Crippen molar-refractivity contribution in [1.29, 1.82) is 0 Å². The van der Waals surface area contributed by atoms with E-state index in [4.69, 9.17) is 4.74 Å². The highest BCUT2D eigenvalue weighted by Gasteiger charge is 2.14. The Morgan fingerprint density at radius 3 is 2.65 bits per heavy atom. The predicted molar refractivity (Wildman–Crippen MR) is 135 cm³/mol. The summed E-state index contributed by atoms with van der Waals surface area (Å²) in [5, 5.41) is 13.4. The Balaban J connectivity index is 0.00000274. The van der Waals surface area contributed by atoms with Crippen molar-refractivity contribution in [2.75, 3.05) is 38.6 Å². The Morgan fingerprint density at radius 2 is 1.88 bits per heavy atom. The second kappa shape index (κ2) is 10.6. The monoisotopic (exact) mass is 479 g/mol. The van der Waals surface area contributed by atoms with Gasteiger partial charge in [0.05, 0.1) is 13.3 Å². The largest absolute Gasteiger partial charge is 0.497 e. The lowest BCUT2D eigenvalue weighted by Gasteiger charge is -2.27. The van der Waals surface area contributed by atoms with Gasteiger partial charge in [0.2, 0.25) is 0 Å². The summed E-state index contributed by atoms with van der Waals surface area (Å²) in [7, 11) is 1.61. The molecule has 2 aromatic carbocycles. The van der Waals surface area contributed by atoms with Crippen LogP contribution in [0.25, 0.3) is 22.3 Å². The fourth-order valence-electron chi connectivity index (χ4n) is 3.94. The summed E-state index contributed by atoms with van der Waals surface area (Å²) < 4.78 is 5.33. The van der Waals surface area contributed by atoms with Gasteiger partial charge in [-0.25, -0.2) is 15.1 Å². The number of anilines is 2. The van der Waals surface area contributed by atoms with E-state index in [1.54, 1.807) is 7.11 Å². The van der Waals surface area contributed by atoms with Crippen LogP contribution in [-0.4, -0.2) is 58.4 Å². The maximum Gasteiger partial charge on any atom is 0.277 e. The van der Waals surface area contributed by atoms with Gasteiger partial charge in [0.25, 0.3) is 5.56 Å². The van der Waals surface area contributed by atoms with Crippen molar-refractivity contribution in [3.05, 3.63) is 70.6 Å². The average molecular weight is 480 g/mol. The zero-order chi connectivity index (χ0) is 22.6. The van der Waals surface area contributed by atoms with E-state index in [1.807, 2.05) is 36.4 Å². The highest BCUT2D eigenvalue weighted by atomic mass is 35.5. The van der Waals surface area contributed by atoms with E-state index < -0.39 is 0 Å². The minimum absolute atomic E-state index is 0. The average Bonchev–Trinajstić information content (AvgIpc) is 2.86. The molecule has 176 valence electrons. The van der Waals surface area contributed by atoms with E-state index in [9.17, 15) is 4.79 Å². The molecule has 3 N–H and O–H groups in total. The normalized spacial score (nSPS) is 13.9. The molecule has 5 rings (SSSR count). The van der Waals surface area contributed by atoms with E-state index >= 15 is 0 Å². The van der Waals surface area contributed by atoms with Crippen LogP contribution in [0.15, 0.2) is 59.5 Å². The Kier molecular flexibility index (Phi) is 7.36. The van der Waals surface area contributed by atoms with Crippen molar-refractivity contribution in [1.82, 2.24) is 30.4 Å². The molecule has 0 amide bonds. The lowest BCUT2D eigenvalue weighted by Crippen LogP contribution is -2.42. The summed E-state index contributed by atoms with van der Waals surface area (Å²) in [5.41, 5.74) is 2.99. The summed E-state index contributed by atoms with van der Waals surface area (Å²) in [5.74, 6) is 1.61. The molecule has 0 radical (unpaired) electrons. The molecule has 0 unspecified atom stereocenters. The first-order chi connectivity index (χ1) is 16.2. The van der Waals surface area contributed by atoms with Crippen LogP contribution in [0, 0.1) is 0 Å². The number of nitrogens with zero attached hydrogens (tertiary/aromatic N) is 4. The molecule has 0 saturated carbocycles. The van der Waals surface area contributed by atoms with Gasteiger partial charge in [-0.1, -0.05) is 24.3 Å². The quantitative estimate of drug-likeness (QED) is 0.387. The third-order valence-electron chi connectivity index (χ3n) is 5.68. The summed E-state index contributed by atoms with van der Waals surface area (Å²) in [6, 6.07) is 15.7. The second-order valence-corrected chi connectivity index (χ2v) is 7.94. The number of benzene rings is 2. The number of ether oxygens (including phenoxy) is 1. The van der Waals surface area contributed by atoms with E-state index in [-0.39, 0.29) is 18.0 Å². The van der Waals surface area contributed by atoms with E-state index in [0.29, 0.717) is 28.3 Å². The van der Waals surface area contributed by atoms with Crippen molar-refractivity contribution in [2.45, 2.75) is 6.54 Å². The number of nitrogens with one attached hydrogen (secondary N) is 3. The van der Waals surface area contributed by atoms with Crippen LogP contribution in [0.4, 0.5) is 11.5 Å². The van der Waals surface area contributed by atoms with Gasteiger partial charge in [0.15, 0.2) is 5.82 Å². The number of halogens is 1. The van der Waals surface area contributed by atoms with Gasteiger partial charge in [-0.2, -0.15) is 5.10 Å². The first-order valence-corrected chi connectivity index (χ1v) is 10.9. The fourth-order valence-corrected chi connectivity index (χ4v) is 3.94. The number of aromatic amines is 1. The maximum absolute atomic E-state index is 12.5. The Labute approximate surface area is 203 Å². The Bertz CT molecular complexity index is 1320. The Hall–Kier alpha value is -3.53. The van der Waals surface area contributed by atoms with Gasteiger partial charge in [-0.3, -0.25) is 9.69 Å². The molecule has 9 nitrogen and oxygen atoms in total. The van der Waals surface area contributed by atoms with E-state index in [1.165, 1.54) is 11.8 Å². The summed E-state index contributed by atoms with van der Waals surface area (Å²) in [6.07, 6.45) is 1.53. The molecule has 0 atom stereocenters. The molecule has 34 heavy (non-hydrogen) atoms. The van der Waals surface area contributed by atoms with Crippen LogP contribution in [0.2, 0.25) is 0 Å². The first kappa shape index (κ1) is 23.6. The zero-order valence-corrected chi connectivity index (χ0v) is 19.6. The smallest absolute Gasteiger partial charge is 0.277 e. The van der Waals surface area contributed by atoms with Gasteiger partial charge in [0.1, 0.15) is 22.5 Å². The summed E-state index contributed by atoms with van der Waals surface area (Å²) in [4.78, 5) is 24.2. The number of methoxy groups -OCH3 is 1. The maximum atomic E-state index is 12.5. The van der Waals surface area contributed by atoms with Crippen LogP contribution in [0.1, 0.15) is 5.56 Å². The molecule has 1 aliphatic rings. The Morgan fingerprint density at radius 1 is 1.09 bits per heavy atom. The number of piperazine rings is 1. The molecule has 1 fully saturated rings. The number of rotatable bonds is 6. The van der Waals surface area contributed by atoms with Crippen molar-refractivity contribution in [3.63, 3.8) is 0 Å². The lowest BCUT2D eigenvalue weighted by molar-refractivity contribution is 0.233. The van der Waals surface area contributed by atoms with Crippen LogP contribution < -0.4 is 20.9 Å². The van der Waals surface area contributed by atoms with Crippen molar-refractivity contribution in [3.8, 4) is 17.1 Å². The second-order valence-electron chi connectivity index (χ2n) is 7.94. The van der Waals surface area contributed by atoms with Gasteiger partial charge in [-0.15, -0.1) is 12.4 Å². The molecule has 1 saturated heterocycles. The fraction of sp³-hybridized carbons (Fsp3) is 0.250. The number of fused-ring (bicyclic) bond motifs is 1. The van der Waals surface area contributed by atoms with Gasteiger partial charge >= 0.3 is 0 Å². The molecule has 0 aliphatic carbocycles. The molecular weight excluding hydrogens is 454 g/mol. The number of H-pyrrole nitrogens is 1. The van der Waals surface area contributed by atoms with E-state index in [0.717, 1.165) is 44.0 Å². The third-order valence-corrected chi connectivity index (χ3v) is 5.68. The molecule has 10 heteroatoms. The molecule has 4 aromatic rings. The van der Waals surface area contributed by atoms with Crippen molar-refractivity contribution in [2.24, 2.45) is 0 Å². The van der Waals surface area contributed by atoms with Crippen LogP contribution >= 0.6 is 12.4 Å². The predicted octanol–water partition coefficient (Wildman–Crippen LogP) is 2.96. The molecule has 3 heterocycles. The molecule has 0 spiro atoms. The topological polar surface area (TPSA) is 108 Å². The summed E-state index contributed by atoms with van der Waals surface area (Å²) in [6.45, 7) is 5.08. The van der Waals surface area contributed by atoms with Crippen LogP contribution in [0.3, 0.4) is 0 Å². The SMILES string of the molecule is COc1cccc(-c2nc(Nc3ccc(CN4CCNCC4)cc3)c3c(=O)[nH]ncc3n2)c1.Cl. The van der Waals surface area contributed by atoms with Gasteiger partial charge in [0, 0.05) is 44.0 Å². The molecular formula is C24H26ClN7O2. The first-order valence-electron chi connectivity index (χ1n) is 10.9. The van der Waals surface area contributed by atoms with Crippen LogP contribution in [0.5, 0.6) is 5.75 Å². The standard InChI is InChI=1S/C24H25N7O2.ClH/c1-33-19-4-2-3-17(13-19)22-28-20-14-26-30-24(32)21(20)23(29-22)27-18-7-5-16(6-8-18)15-31-11-9-25-10-12-31;/h2-8,13-14,25H,9-12,15H2,1H3,(H,30,32)(H,27,28,29);1H. The highest BCUT2D eigenvalue weighted by molar-refractivity contribution is 5.91. The van der Waals surface area contributed by atoms with E-state index in [2.05, 4.69) is 47.8 Å². The molecule has 2 aromatic heterocycles. The molecule has 1 aliphatic heterocycles. The zero-order valence-electron chi connectivity index (χ0n) is 18.7. The lowest BCUT2D eigenvalue weighted by atomic mass is 10.1. The summed E-state index contributed by atoms with van der Waals surface area (Å²) >= 11 is 0. The minimum Gasteiger partial charge on any atom is -0.497 e. The molecule has 0 bridgehead atoms. The van der Waals surface area contributed by atoms with Gasteiger partial charge < -0.3 is 15.4 Å². The number of hydrogen-bond donors (Lipinski definition) is 3. The number of aromatic nitrogens is 4. The third kappa shape index (κ3) is 5.17. The van der Waals surface area contributed by atoms with Crippen molar-refractivity contribution < 1.29 is 4.74 Å². The van der Waals surface area contributed by atoms with Crippen LogP contribution in [-0.2, 0) is 6.54 Å².